The molecular weight excluding hydrogens is 420 g/mol. The first-order chi connectivity index (χ1) is 14.9. The molecule has 1 heterocycles. The number of carbonyl (C=O) groups excluding carboxylic acids is 1. The summed E-state index contributed by atoms with van der Waals surface area (Å²) in [6.07, 6.45) is -0.824. The quantitative estimate of drug-likeness (QED) is 0.304. The minimum absolute atomic E-state index is 0.0954. The van der Waals surface area contributed by atoms with Gasteiger partial charge < -0.3 is 9.47 Å². The highest BCUT2D eigenvalue weighted by molar-refractivity contribution is 6.30. The number of amides is 1. The van der Waals surface area contributed by atoms with Crippen molar-refractivity contribution in [3.8, 4) is 11.5 Å². The molecular formula is C23H19ClN2O5. The lowest BCUT2D eigenvalue weighted by Gasteiger charge is -2.47. The Morgan fingerprint density at radius 1 is 1.03 bits per heavy atom. The molecule has 8 heteroatoms. The van der Waals surface area contributed by atoms with E-state index < -0.39 is 17.1 Å². The van der Waals surface area contributed by atoms with Crippen LogP contribution in [0.1, 0.15) is 17.2 Å². The molecule has 4 rings (SSSR count). The summed E-state index contributed by atoms with van der Waals surface area (Å²) >= 11 is 6.04. The number of hydrogen-bond donors (Lipinski definition) is 0. The SMILES string of the molecule is COc1ccccc1[C@@H]1[C@H](Oc2ccc(Cl)cc2C)C(=O)N1c1cccc([N+](=O)[O-])c1. The summed E-state index contributed by atoms with van der Waals surface area (Å²) in [4.78, 5) is 25.4. The molecule has 1 saturated heterocycles. The van der Waals surface area contributed by atoms with Crippen LogP contribution in [0.15, 0.2) is 66.7 Å². The van der Waals surface area contributed by atoms with E-state index in [1.54, 1.807) is 43.5 Å². The molecule has 0 aliphatic carbocycles. The number of nitrogens with zero attached hydrogens (tertiary/aromatic N) is 2. The van der Waals surface area contributed by atoms with E-state index in [1.165, 1.54) is 17.0 Å². The molecule has 0 radical (unpaired) electrons. The van der Waals surface area contributed by atoms with E-state index in [0.717, 1.165) is 11.1 Å². The lowest BCUT2D eigenvalue weighted by Crippen LogP contribution is -2.61. The van der Waals surface area contributed by atoms with Crippen LogP contribution in [-0.2, 0) is 4.79 Å². The Morgan fingerprint density at radius 3 is 2.52 bits per heavy atom. The predicted octanol–water partition coefficient (Wildman–Crippen LogP) is 5.10. The van der Waals surface area contributed by atoms with Gasteiger partial charge in [-0.15, -0.1) is 0 Å². The Labute approximate surface area is 183 Å². The molecule has 1 aliphatic rings. The van der Waals surface area contributed by atoms with Gasteiger partial charge in [-0.2, -0.15) is 0 Å². The number of nitro groups is 1. The zero-order valence-corrected chi connectivity index (χ0v) is 17.6. The van der Waals surface area contributed by atoms with Crippen molar-refractivity contribution >= 4 is 28.9 Å². The Balaban J connectivity index is 1.76. The van der Waals surface area contributed by atoms with Gasteiger partial charge in [-0.3, -0.25) is 19.8 Å². The van der Waals surface area contributed by atoms with Gasteiger partial charge in [0.15, 0.2) is 0 Å². The van der Waals surface area contributed by atoms with Crippen molar-refractivity contribution in [3.05, 3.63) is 93.0 Å². The molecule has 2 atom stereocenters. The van der Waals surface area contributed by atoms with Crippen molar-refractivity contribution in [3.63, 3.8) is 0 Å². The third-order valence-corrected chi connectivity index (χ3v) is 5.45. The Hall–Kier alpha value is -3.58. The number of non-ortho nitro benzene ring substituents is 1. The van der Waals surface area contributed by atoms with Gasteiger partial charge in [-0.05, 0) is 42.8 Å². The molecule has 7 nitrogen and oxygen atoms in total. The van der Waals surface area contributed by atoms with E-state index in [0.29, 0.717) is 22.2 Å². The topological polar surface area (TPSA) is 81.9 Å². The summed E-state index contributed by atoms with van der Waals surface area (Å²) in [6.45, 7) is 1.85. The number of methoxy groups -OCH3 is 1. The first kappa shape index (κ1) is 20.7. The second kappa shape index (κ2) is 8.28. The molecule has 1 fully saturated rings. The van der Waals surface area contributed by atoms with E-state index in [1.807, 2.05) is 25.1 Å². The predicted molar refractivity (Wildman–Crippen MR) is 117 cm³/mol. The summed E-state index contributed by atoms with van der Waals surface area (Å²) in [5, 5.41) is 11.8. The van der Waals surface area contributed by atoms with Gasteiger partial charge in [0.25, 0.3) is 11.6 Å². The van der Waals surface area contributed by atoms with Gasteiger partial charge in [0.1, 0.15) is 17.5 Å². The van der Waals surface area contributed by atoms with Gasteiger partial charge in [0.2, 0.25) is 6.10 Å². The van der Waals surface area contributed by atoms with Crippen molar-refractivity contribution in [1.29, 1.82) is 0 Å². The molecule has 0 spiro atoms. The molecule has 0 aromatic heterocycles. The minimum atomic E-state index is -0.824. The number of β-lactam (4-membered cyclic amide) rings is 1. The van der Waals surface area contributed by atoms with Gasteiger partial charge in [0, 0.05) is 22.7 Å². The number of para-hydroxylation sites is 1. The Bertz CT molecular complexity index is 1170. The van der Waals surface area contributed by atoms with Gasteiger partial charge in [0.05, 0.1) is 17.7 Å². The van der Waals surface area contributed by atoms with Crippen LogP contribution in [0.4, 0.5) is 11.4 Å². The number of halogens is 1. The maximum Gasteiger partial charge on any atom is 0.271 e. The van der Waals surface area contributed by atoms with E-state index in [9.17, 15) is 14.9 Å². The maximum atomic E-state index is 13.2. The first-order valence-corrected chi connectivity index (χ1v) is 9.91. The zero-order chi connectivity index (χ0) is 22.1. The van der Waals surface area contributed by atoms with Crippen LogP contribution in [-0.4, -0.2) is 24.0 Å². The number of rotatable bonds is 6. The zero-order valence-electron chi connectivity index (χ0n) is 16.8. The van der Waals surface area contributed by atoms with Crippen molar-refractivity contribution in [1.82, 2.24) is 0 Å². The highest BCUT2D eigenvalue weighted by atomic mass is 35.5. The van der Waals surface area contributed by atoms with Crippen molar-refractivity contribution in [2.24, 2.45) is 0 Å². The van der Waals surface area contributed by atoms with Crippen LogP contribution in [0.3, 0.4) is 0 Å². The molecule has 0 bridgehead atoms. The van der Waals surface area contributed by atoms with Crippen LogP contribution < -0.4 is 14.4 Å². The third-order valence-electron chi connectivity index (χ3n) is 5.21. The third kappa shape index (κ3) is 3.80. The molecule has 1 amide bonds. The van der Waals surface area contributed by atoms with E-state index in [4.69, 9.17) is 21.1 Å². The number of aryl methyl sites for hydroxylation is 1. The number of nitro benzene ring substituents is 1. The number of anilines is 1. The summed E-state index contributed by atoms with van der Waals surface area (Å²) < 4.78 is 11.6. The standard InChI is InChI=1S/C23H19ClN2O5/c1-14-12-15(24)10-11-19(14)31-22-21(18-8-3-4-9-20(18)30-2)25(23(22)27)16-6-5-7-17(13-16)26(28)29/h3-13,21-22H,1-2H3/t21-,22+/m1/s1. The second-order valence-corrected chi connectivity index (χ2v) is 7.56. The van der Waals surface area contributed by atoms with Crippen molar-refractivity contribution in [2.45, 2.75) is 19.1 Å². The molecule has 31 heavy (non-hydrogen) atoms. The summed E-state index contributed by atoms with van der Waals surface area (Å²) in [5.41, 5.74) is 1.87. The van der Waals surface area contributed by atoms with Gasteiger partial charge in [-0.1, -0.05) is 35.9 Å². The molecule has 158 valence electrons. The van der Waals surface area contributed by atoms with Crippen LogP contribution in [0.2, 0.25) is 5.02 Å². The minimum Gasteiger partial charge on any atom is -0.496 e. The highest BCUT2D eigenvalue weighted by Crippen LogP contribution is 2.45. The monoisotopic (exact) mass is 438 g/mol. The molecule has 0 saturated carbocycles. The lowest BCUT2D eigenvalue weighted by atomic mass is 9.89. The molecule has 0 unspecified atom stereocenters. The normalized spacial score (nSPS) is 17.8. The number of carbonyl (C=O) groups is 1. The van der Waals surface area contributed by atoms with Gasteiger partial charge >= 0.3 is 0 Å². The van der Waals surface area contributed by atoms with E-state index in [2.05, 4.69) is 0 Å². The van der Waals surface area contributed by atoms with Crippen LogP contribution in [0.5, 0.6) is 11.5 Å². The summed E-state index contributed by atoms with van der Waals surface area (Å²) in [6, 6.07) is 18.0. The largest absolute Gasteiger partial charge is 0.496 e. The fourth-order valence-corrected chi connectivity index (χ4v) is 3.94. The highest BCUT2D eigenvalue weighted by Gasteiger charge is 2.52. The molecule has 3 aromatic rings. The fourth-order valence-electron chi connectivity index (χ4n) is 3.72. The Kier molecular flexibility index (Phi) is 5.52. The molecule has 1 aliphatic heterocycles. The lowest BCUT2D eigenvalue weighted by molar-refractivity contribution is -0.384. The van der Waals surface area contributed by atoms with Crippen LogP contribution >= 0.6 is 11.6 Å². The first-order valence-electron chi connectivity index (χ1n) is 9.54. The Morgan fingerprint density at radius 2 is 1.81 bits per heavy atom. The average Bonchev–Trinajstić information content (AvgIpc) is 2.76. The average molecular weight is 439 g/mol. The number of ether oxygens (including phenoxy) is 2. The molecule has 3 aromatic carbocycles. The van der Waals surface area contributed by atoms with Crippen LogP contribution in [0.25, 0.3) is 0 Å². The summed E-state index contributed by atoms with van der Waals surface area (Å²) in [7, 11) is 1.55. The van der Waals surface area contributed by atoms with Crippen molar-refractivity contribution < 1.29 is 19.2 Å². The van der Waals surface area contributed by atoms with Crippen molar-refractivity contribution in [2.75, 3.05) is 12.0 Å². The second-order valence-electron chi connectivity index (χ2n) is 7.12. The van der Waals surface area contributed by atoms with Crippen LogP contribution in [0, 0.1) is 17.0 Å². The smallest absolute Gasteiger partial charge is 0.271 e. The molecule has 0 N–H and O–H groups in total. The van der Waals surface area contributed by atoms with E-state index >= 15 is 0 Å². The number of benzene rings is 3. The van der Waals surface area contributed by atoms with Gasteiger partial charge in [-0.25, -0.2) is 0 Å². The summed E-state index contributed by atoms with van der Waals surface area (Å²) in [5.74, 6) is 0.837. The maximum absolute atomic E-state index is 13.2. The van der Waals surface area contributed by atoms with E-state index in [-0.39, 0.29) is 11.6 Å². The number of hydrogen-bond acceptors (Lipinski definition) is 5. The fraction of sp³-hybridized carbons (Fsp3) is 0.174.